The number of carboxylic acid groups (broad SMARTS) is 1. The van der Waals surface area contributed by atoms with Crippen LogP contribution < -0.4 is 0 Å². The first-order valence-electron chi connectivity index (χ1n) is 6.56. The van der Waals surface area contributed by atoms with E-state index in [1.54, 1.807) is 0 Å². The number of carbonyl (C=O) groups is 2. The Labute approximate surface area is 111 Å². The van der Waals surface area contributed by atoms with Crippen LogP contribution in [-0.2, 0) is 14.3 Å². The third kappa shape index (κ3) is 3.81. The molecule has 0 amide bonds. The second-order valence-corrected chi connectivity index (χ2v) is 4.82. The van der Waals surface area contributed by atoms with Crippen LogP contribution >= 0.6 is 0 Å². The summed E-state index contributed by atoms with van der Waals surface area (Å²) in [5, 5.41) is 9.14. The van der Waals surface area contributed by atoms with Crippen LogP contribution in [-0.4, -0.2) is 32.7 Å². The van der Waals surface area contributed by atoms with Gasteiger partial charge in [0.15, 0.2) is 0 Å². The lowest BCUT2D eigenvalue weighted by Gasteiger charge is -2.22. The van der Waals surface area contributed by atoms with E-state index in [9.17, 15) is 9.59 Å². The Balaban J connectivity index is 1.90. The number of nitrogens with zero attached hydrogens (tertiary/aromatic N) is 2. The van der Waals surface area contributed by atoms with Gasteiger partial charge in [0.05, 0.1) is 12.7 Å². The van der Waals surface area contributed by atoms with Gasteiger partial charge in [0.1, 0.15) is 12.1 Å². The number of carbonyl (C=O) groups excluding carboxylic acids is 1. The molecule has 1 atom stereocenters. The molecule has 0 saturated heterocycles. The van der Waals surface area contributed by atoms with Crippen LogP contribution in [0.5, 0.6) is 0 Å². The first-order chi connectivity index (χ1) is 9.16. The van der Waals surface area contributed by atoms with Gasteiger partial charge in [0.25, 0.3) is 0 Å². The van der Waals surface area contributed by atoms with Crippen molar-refractivity contribution in [3.8, 4) is 0 Å². The normalized spacial score (nSPS) is 17.9. The maximum Gasteiger partial charge on any atom is 0.327 e. The molecular formula is C13H18N2O4. The van der Waals surface area contributed by atoms with Gasteiger partial charge in [-0.05, 0) is 25.7 Å². The highest BCUT2D eigenvalue weighted by Gasteiger charge is 2.25. The molecule has 0 radical (unpaired) electrons. The highest BCUT2D eigenvalue weighted by Crippen LogP contribution is 2.22. The fourth-order valence-corrected chi connectivity index (χ4v) is 2.35. The fourth-order valence-electron chi connectivity index (χ4n) is 2.35. The molecule has 1 heterocycles. The molecule has 1 aliphatic carbocycles. The molecular weight excluding hydrogens is 248 g/mol. The average Bonchev–Trinajstić information content (AvgIpc) is 2.90. The van der Waals surface area contributed by atoms with Gasteiger partial charge in [0, 0.05) is 12.4 Å². The SMILES string of the molecule is O=C(C[C@H](C(=O)O)n1ccnc1)OC1CCCCC1. The van der Waals surface area contributed by atoms with Gasteiger partial charge in [-0.25, -0.2) is 9.78 Å². The molecule has 1 fully saturated rings. The Kier molecular flexibility index (Phi) is 4.54. The molecule has 0 aromatic carbocycles. The Morgan fingerprint density at radius 1 is 1.37 bits per heavy atom. The molecule has 1 aromatic rings. The second-order valence-electron chi connectivity index (χ2n) is 4.82. The number of rotatable bonds is 5. The third-order valence-corrected chi connectivity index (χ3v) is 3.38. The van der Waals surface area contributed by atoms with E-state index in [4.69, 9.17) is 9.84 Å². The zero-order chi connectivity index (χ0) is 13.7. The second kappa shape index (κ2) is 6.36. The molecule has 1 aromatic heterocycles. The van der Waals surface area contributed by atoms with E-state index in [2.05, 4.69) is 4.98 Å². The van der Waals surface area contributed by atoms with Crippen molar-refractivity contribution in [2.24, 2.45) is 0 Å². The summed E-state index contributed by atoms with van der Waals surface area (Å²) >= 11 is 0. The highest BCUT2D eigenvalue weighted by molar-refractivity contribution is 5.80. The van der Waals surface area contributed by atoms with Crippen LogP contribution in [0.15, 0.2) is 18.7 Å². The lowest BCUT2D eigenvalue weighted by atomic mass is 9.98. The van der Waals surface area contributed by atoms with Gasteiger partial charge >= 0.3 is 11.9 Å². The number of aromatic nitrogens is 2. The lowest BCUT2D eigenvalue weighted by Crippen LogP contribution is -2.26. The summed E-state index contributed by atoms with van der Waals surface area (Å²) in [5.74, 6) is -1.51. The predicted molar refractivity (Wildman–Crippen MR) is 66.5 cm³/mol. The molecule has 1 aliphatic rings. The van der Waals surface area contributed by atoms with Crippen molar-refractivity contribution in [1.82, 2.24) is 9.55 Å². The van der Waals surface area contributed by atoms with Crippen molar-refractivity contribution in [3.63, 3.8) is 0 Å². The van der Waals surface area contributed by atoms with Crippen molar-refractivity contribution in [1.29, 1.82) is 0 Å². The number of carboxylic acids is 1. The standard InChI is InChI=1S/C13H18N2O4/c16-12(19-10-4-2-1-3-5-10)8-11(13(17)18)15-7-6-14-9-15/h6-7,9-11H,1-5,8H2,(H,17,18)/t11-/m1/s1. The van der Waals surface area contributed by atoms with Crippen molar-refractivity contribution in [2.75, 3.05) is 0 Å². The van der Waals surface area contributed by atoms with Crippen LogP contribution in [0, 0.1) is 0 Å². The number of hydrogen-bond donors (Lipinski definition) is 1. The minimum atomic E-state index is -1.06. The quantitative estimate of drug-likeness (QED) is 0.821. The summed E-state index contributed by atoms with van der Waals surface area (Å²) in [6.45, 7) is 0. The van der Waals surface area contributed by atoms with Crippen molar-refractivity contribution < 1.29 is 19.4 Å². The summed E-state index contributed by atoms with van der Waals surface area (Å²) in [5.41, 5.74) is 0. The molecule has 0 spiro atoms. The van der Waals surface area contributed by atoms with E-state index in [-0.39, 0.29) is 12.5 Å². The monoisotopic (exact) mass is 266 g/mol. The van der Waals surface area contributed by atoms with E-state index in [1.807, 2.05) is 0 Å². The van der Waals surface area contributed by atoms with Gasteiger partial charge in [-0.15, -0.1) is 0 Å². The molecule has 0 aliphatic heterocycles. The average molecular weight is 266 g/mol. The number of esters is 1. The molecule has 19 heavy (non-hydrogen) atoms. The number of aliphatic carboxylic acids is 1. The van der Waals surface area contributed by atoms with Gasteiger partial charge in [-0.1, -0.05) is 6.42 Å². The van der Waals surface area contributed by atoms with Crippen LogP contribution in [0.2, 0.25) is 0 Å². The van der Waals surface area contributed by atoms with Crippen LogP contribution in [0.25, 0.3) is 0 Å². The van der Waals surface area contributed by atoms with Crippen molar-refractivity contribution in [3.05, 3.63) is 18.7 Å². The predicted octanol–water partition coefficient (Wildman–Crippen LogP) is 1.77. The van der Waals surface area contributed by atoms with Crippen LogP contribution in [0.1, 0.15) is 44.6 Å². The van der Waals surface area contributed by atoms with E-state index >= 15 is 0 Å². The van der Waals surface area contributed by atoms with Gasteiger partial charge in [0.2, 0.25) is 0 Å². The van der Waals surface area contributed by atoms with Gasteiger partial charge < -0.3 is 14.4 Å². The molecule has 0 bridgehead atoms. The van der Waals surface area contributed by atoms with Crippen molar-refractivity contribution in [2.45, 2.75) is 50.7 Å². The molecule has 6 nitrogen and oxygen atoms in total. The van der Waals surface area contributed by atoms with Crippen molar-refractivity contribution >= 4 is 11.9 Å². The third-order valence-electron chi connectivity index (χ3n) is 3.38. The molecule has 2 rings (SSSR count). The number of imidazole rings is 1. The first-order valence-corrected chi connectivity index (χ1v) is 6.56. The van der Waals surface area contributed by atoms with Gasteiger partial charge in [-0.2, -0.15) is 0 Å². The lowest BCUT2D eigenvalue weighted by molar-refractivity contribution is -0.155. The van der Waals surface area contributed by atoms with E-state index in [0.29, 0.717) is 0 Å². The molecule has 1 N–H and O–H groups in total. The molecule has 104 valence electrons. The van der Waals surface area contributed by atoms with E-state index in [0.717, 1.165) is 25.7 Å². The smallest absolute Gasteiger partial charge is 0.327 e. The minimum Gasteiger partial charge on any atom is -0.480 e. The summed E-state index contributed by atoms with van der Waals surface area (Å²) in [6.07, 6.45) is 9.30. The zero-order valence-corrected chi connectivity index (χ0v) is 10.7. The number of hydrogen-bond acceptors (Lipinski definition) is 4. The minimum absolute atomic E-state index is 0.0431. The maximum atomic E-state index is 11.8. The maximum absolute atomic E-state index is 11.8. The Hall–Kier alpha value is -1.85. The van der Waals surface area contributed by atoms with Crippen LogP contribution in [0.4, 0.5) is 0 Å². The fraction of sp³-hybridized carbons (Fsp3) is 0.615. The zero-order valence-electron chi connectivity index (χ0n) is 10.7. The summed E-state index contributed by atoms with van der Waals surface area (Å²) in [7, 11) is 0. The Morgan fingerprint density at radius 3 is 2.68 bits per heavy atom. The number of ether oxygens (including phenoxy) is 1. The molecule has 6 heteroatoms. The first kappa shape index (κ1) is 13.6. The molecule has 1 saturated carbocycles. The Bertz CT molecular complexity index is 424. The summed E-state index contributed by atoms with van der Waals surface area (Å²) in [4.78, 5) is 26.8. The Morgan fingerprint density at radius 2 is 2.11 bits per heavy atom. The largest absolute Gasteiger partial charge is 0.480 e. The summed E-state index contributed by atoms with van der Waals surface area (Å²) in [6, 6.07) is -0.946. The van der Waals surface area contributed by atoms with E-state index in [1.165, 1.54) is 29.7 Å². The van der Waals surface area contributed by atoms with E-state index < -0.39 is 18.0 Å². The summed E-state index contributed by atoms with van der Waals surface area (Å²) < 4.78 is 6.74. The topological polar surface area (TPSA) is 81.4 Å². The molecule has 0 unspecified atom stereocenters. The van der Waals surface area contributed by atoms with Crippen LogP contribution in [0.3, 0.4) is 0 Å². The van der Waals surface area contributed by atoms with Gasteiger partial charge in [-0.3, -0.25) is 4.79 Å². The highest BCUT2D eigenvalue weighted by atomic mass is 16.5.